The molecular formula is C70H137NO5. The van der Waals surface area contributed by atoms with Crippen molar-refractivity contribution in [1.82, 2.24) is 5.32 Å². The molecule has 0 aliphatic carbocycles. The van der Waals surface area contributed by atoms with Gasteiger partial charge in [-0.25, -0.2) is 0 Å². The molecule has 0 radical (unpaired) electrons. The molecule has 0 fully saturated rings. The number of unbranched alkanes of at least 4 members (excludes halogenated alkanes) is 53. The van der Waals surface area contributed by atoms with Crippen LogP contribution >= 0.6 is 0 Å². The van der Waals surface area contributed by atoms with Gasteiger partial charge in [0.15, 0.2) is 0 Å². The fourth-order valence-corrected chi connectivity index (χ4v) is 11.2. The lowest BCUT2D eigenvalue weighted by atomic mass is 10.0. The predicted molar refractivity (Wildman–Crippen MR) is 333 cm³/mol. The van der Waals surface area contributed by atoms with Crippen LogP contribution in [0.1, 0.15) is 399 Å². The summed E-state index contributed by atoms with van der Waals surface area (Å²) in [5.74, 6) is -0.00925. The quantitative estimate of drug-likeness (QED) is 0.0320. The van der Waals surface area contributed by atoms with Crippen LogP contribution in [0, 0.1) is 0 Å². The second-order valence-electron chi connectivity index (χ2n) is 24.2. The van der Waals surface area contributed by atoms with Crippen LogP contribution in [0.25, 0.3) is 0 Å². The minimum atomic E-state index is -0.661. The van der Waals surface area contributed by atoms with Crippen molar-refractivity contribution in [1.29, 1.82) is 0 Å². The average Bonchev–Trinajstić information content (AvgIpc) is 3.42. The molecule has 3 N–H and O–H groups in total. The lowest BCUT2D eigenvalue weighted by Crippen LogP contribution is -2.45. The average molecular weight is 1070 g/mol. The minimum absolute atomic E-state index is 0.0208. The van der Waals surface area contributed by atoms with Crippen molar-refractivity contribution in [2.45, 2.75) is 411 Å². The molecule has 1 amide bonds. The van der Waals surface area contributed by atoms with E-state index >= 15 is 0 Å². The number of amides is 1. The topological polar surface area (TPSA) is 95.9 Å². The van der Waals surface area contributed by atoms with E-state index in [0.717, 1.165) is 38.5 Å². The number of carbonyl (C=O) groups excluding carboxylic acids is 2. The third-order valence-corrected chi connectivity index (χ3v) is 16.6. The number of hydrogen-bond acceptors (Lipinski definition) is 5. The van der Waals surface area contributed by atoms with Crippen LogP contribution in [0.3, 0.4) is 0 Å². The first-order valence-electron chi connectivity index (χ1n) is 34.9. The van der Waals surface area contributed by atoms with Gasteiger partial charge in [-0.3, -0.25) is 9.59 Å². The van der Waals surface area contributed by atoms with Crippen molar-refractivity contribution in [2.24, 2.45) is 0 Å². The van der Waals surface area contributed by atoms with E-state index < -0.39 is 12.1 Å². The second-order valence-corrected chi connectivity index (χ2v) is 24.2. The smallest absolute Gasteiger partial charge is 0.305 e. The molecule has 452 valence electrons. The standard InChI is InChI=1S/C70H137NO5/c1-3-5-7-9-11-13-15-17-38-42-46-50-54-58-62-68(73)67(66-72)71-69(74)63-59-55-51-47-43-39-36-34-32-30-28-26-24-22-20-19-21-23-25-27-29-31-33-35-37-41-45-49-53-57-61-65-76-70(75)64-60-56-52-48-44-40-18-16-14-12-10-8-6-4-2/h21,23,67-68,72-73H,3-20,22,24-66H2,1-2H3,(H,71,74)/b23-21-. The number of nitrogens with one attached hydrogen (secondary N) is 1. The molecule has 2 unspecified atom stereocenters. The Morgan fingerprint density at radius 3 is 0.934 bits per heavy atom. The highest BCUT2D eigenvalue weighted by molar-refractivity contribution is 5.76. The Kier molecular flexibility index (Phi) is 64.9. The molecule has 0 saturated heterocycles. The monoisotopic (exact) mass is 1070 g/mol. The predicted octanol–water partition coefficient (Wildman–Crippen LogP) is 22.4. The number of aliphatic hydroxyl groups excluding tert-OH is 2. The molecule has 0 aromatic rings. The number of carbonyl (C=O) groups is 2. The summed E-state index contributed by atoms with van der Waals surface area (Å²) in [6.07, 6.45) is 81.2. The van der Waals surface area contributed by atoms with E-state index in [-0.39, 0.29) is 18.5 Å². The van der Waals surface area contributed by atoms with Crippen LogP contribution in [0.5, 0.6) is 0 Å². The molecular weight excluding hydrogens is 935 g/mol. The van der Waals surface area contributed by atoms with E-state index in [1.54, 1.807) is 0 Å². The molecule has 0 aliphatic rings. The Morgan fingerprint density at radius 1 is 0.355 bits per heavy atom. The minimum Gasteiger partial charge on any atom is -0.466 e. The van der Waals surface area contributed by atoms with E-state index in [9.17, 15) is 19.8 Å². The highest BCUT2D eigenvalue weighted by Gasteiger charge is 2.20. The summed E-state index contributed by atoms with van der Waals surface area (Å²) in [7, 11) is 0. The number of hydrogen-bond donors (Lipinski definition) is 3. The fourth-order valence-electron chi connectivity index (χ4n) is 11.2. The van der Waals surface area contributed by atoms with E-state index in [2.05, 4.69) is 31.3 Å². The Morgan fingerprint density at radius 2 is 0.618 bits per heavy atom. The third-order valence-electron chi connectivity index (χ3n) is 16.6. The molecule has 0 spiro atoms. The van der Waals surface area contributed by atoms with Gasteiger partial charge in [0.1, 0.15) is 0 Å². The van der Waals surface area contributed by atoms with Gasteiger partial charge in [-0.05, 0) is 51.4 Å². The van der Waals surface area contributed by atoms with Gasteiger partial charge in [-0.1, -0.05) is 347 Å². The number of aliphatic hydroxyl groups is 2. The van der Waals surface area contributed by atoms with Crippen LogP contribution in [-0.4, -0.2) is 47.4 Å². The van der Waals surface area contributed by atoms with E-state index in [4.69, 9.17) is 4.74 Å². The largest absolute Gasteiger partial charge is 0.466 e. The van der Waals surface area contributed by atoms with Gasteiger partial charge in [0.2, 0.25) is 5.91 Å². The second kappa shape index (κ2) is 66.1. The fraction of sp³-hybridized carbons (Fsp3) is 0.943. The molecule has 0 saturated carbocycles. The summed E-state index contributed by atoms with van der Waals surface area (Å²) in [6, 6.07) is -0.538. The summed E-state index contributed by atoms with van der Waals surface area (Å²) >= 11 is 0. The van der Waals surface area contributed by atoms with Crippen molar-refractivity contribution in [3.63, 3.8) is 0 Å². The van der Waals surface area contributed by atoms with Gasteiger partial charge in [-0.2, -0.15) is 0 Å². The van der Waals surface area contributed by atoms with E-state index in [1.807, 2.05) is 0 Å². The molecule has 2 atom stereocenters. The molecule has 0 aromatic heterocycles. The Labute approximate surface area is 476 Å². The molecule has 6 heteroatoms. The molecule has 0 aromatic carbocycles. The maximum atomic E-state index is 12.5. The van der Waals surface area contributed by atoms with Crippen LogP contribution < -0.4 is 5.32 Å². The summed E-state index contributed by atoms with van der Waals surface area (Å²) < 4.78 is 5.49. The first kappa shape index (κ1) is 74.6. The maximum Gasteiger partial charge on any atom is 0.305 e. The summed E-state index contributed by atoms with van der Waals surface area (Å²) in [5, 5.41) is 23.3. The lowest BCUT2D eigenvalue weighted by molar-refractivity contribution is -0.143. The van der Waals surface area contributed by atoms with Gasteiger partial charge in [0.05, 0.1) is 25.4 Å². The van der Waals surface area contributed by atoms with Crippen molar-refractivity contribution >= 4 is 11.9 Å². The number of rotatable bonds is 66. The summed E-state index contributed by atoms with van der Waals surface area (Å²) in [4.78, 5) is 24.6. The molecule has 0 aliphatic heterocycles. The Hall–Kier alpha value is -1.40. The Bertz CT molecular complexity index is 1140. The van der Waals surface area contributed by atoms with Crippen LogP contribution in [-0.2, 0) is 14.3 Å². The van der Waals surface area contributed by atoms with Crippen molar-refractivity contribution < 1.29 is 24.5 Å². The van der Waals surface area contributed by atoms with Crippen LogP contribution in [0.15, 0.2) is 12.2 Å². The van der Waals surface area contributed by atoms with E-state index in [0.29, 0.717) is 25.9 Å². The molecule has 0 bridgehead atoms. The van der Waals surface area contributed by atoms with Gasteiger partial charge in [0, 0.05) is 12.8 Å². The first-order chi connectivity index (χ1) is 37.5. The summed E-state index contributed by atoms with van der Waals surface area (Å²) in [5.41, 5.74) is 0. The maximum absolute atomic E-state index is 12.5. The van der Waals surface area contributed by atoms with Crippen molar-refractivity contribution in [2.75, 3.05) is 13.2 Å². The van der Waals surface area contributed by atoms with Gasteiger partial charge in [-0.15, -0.1) is 0 Å². The van der Waals surface area contributed by atoms with Gasteiger partial charge >= 0.3 is 5.97 Å². The zero-order valence-electron chi connectivity index (χ0n) is 51.8. The lowest BCUT2D eigenvalue weighted by Gasteiger charge is -2.22. The highest BCUT2D eigenvalue weighted by atomic mass is 16.5. The number of esters is 1. The molecule has 0 heterocycles. The first-order valence-corrected chi connectivity index (χ1v) is 34.9. The zero-order valence-corrected chi connectivity index (χ0v) is 51.8. The number of allylic oxidation sites excluding steroid dienone is 2. The summed E-state index contributed by atoms with van der Waals surface area (Å²) in [6.45, 7) is 4.99. The third kappa shape index (κ3) is 61.8. The number of ether oxygens (including phenoxy) is 1. The molecule has 6 nitrogen and oxygen atoms in total. The van der Waals surface area contributed by atoms with Crippen LogP contribution in [0.2, 0.25) is 0 Å². The highest BCUT2D eigenvalue weighted by Crippen LogP contribution is 2.19. The zero-order chi connectivity index (χ0) is 55.0. The van der Waals surface area contributed by atoms with Gasteiger partial charge < -0.3 is 20.3 Å². The van der Waals surface area contributed by atoms with Crippen molar-refractivity contribution in [3.05, 3.63) is 12.2 Å². The van der Waals surface area contributed by atoms with Crippen molar-refractivity contribution in [3.8, 4) is 0 Å². The van der Waals surface area contributed by atoms with Crippen LogP contribution in [0.4, 0.5) is 0 Å². The van der Waals surface area contributed by atoms with Gasteiger partial charge in [0.25, 0.3) is 0 Å². The molecule has 76 heavy (non-hydrogen) atoms. The molecule has 0 rings (SSSR count). The SMILES string of the molecule is CCCCCCCCCCCCCCCCC(=O)OCCCCCCCCCCCCCC/C=C\CCCCCCCCCCCCCCCCCC(=O)NC(CO)C(O)CCCCCCCCCCCCCCCC. The Balaban J connectivity index is 3.34. The normalized spacial score (nSPS) is 12.5. The van der Waals surface area contributed by atoms with E-state index in [1.165, 1.54) is 327 Å².